The van der Waals surface area contributed by atoms with E-state index in [1.165, 1.54) is 0 Å². The molecule has 86 valence electrons. The van der Waals surface area contributed by atoms with Gasteiger partial charge in [-0.2, -0.15) is 0 Å². The van der Waals surface area contributed by atoms with Crippen molar-refractivity contribution in [2.45, 2.75) is 0 Å². The van der Waals surface area contributed by atoms with Gasteiger partial charge < -0.3 is 0 Å². The average molecular weight is 329 g/mol. The highest BCUT2D eigenvalue weighted by atomic mass is 79.9. The van der Waals surface area contributed by atoms with Crippen molar-refractivity contribution < 1.29 is 0 Å². The molecule has 2 aromatic rings. The fraction of sp³-hybridized carbons (Fsp3) is 0. The van der Waals surface area contributed by atoms with Gasteiger partial charge in [-0.05, 0) is 42.5 Å². The highest BCUT2D eigenvalue weighted by molar-refractivity contribution is 9.10. The Balaban J connectivity index is 2.25. The van der Waals surface area contributed by atoms with Crippen molar-refractivity contribution in [3.05, 3.63) is 62.5 Å². The molecule has 0 radical (unpaired) electrons. The van der Waals surface area contributed by atoms with E-state index in [-0.39, 0.29) is 0 Å². The van der Waals surface area contributed by atoms with Crippen molar-refractivity contribution in [1.29, 1.82) is 0 Å². The summed E-state index contributed by atoms with van der Waals surface area (Å²) in [5, 5.41) is 1.28. The first-order valence-electron chi connectivity index (χ1n) is 4.90. The summed E-state index contributed by atoms with van der Waals surface area (Å²) in [6.45, 7) is 0. The zero-order valence-corrected chi connectivity index (χ0v) is 11.8. The Bertz CT molecular complexity index is 550. The number of nitrogens with zero attached hydrogens (tertiary/aromatic N) is 1. The number of hydrogen-bond acceptors (Lipinski definition) is 1. The van der Waals surface area contributed by atoms with Crippen LogP contribution in [0.25, 0.3) is 0 Å². The Labute approximate surface area is 118 Å². The van der Waals surface area contributed by atoms with Gasteiger partial charge in [-0.15, -0.1) is 0 Å². The van der Waals surface area contributed by atoms with E-state index in [0.717, 1.165) is 15.7 Å². The number of benzene rings is 2. The smallest absolute Gasteiger partial charge is 0.0630 e. The first-order chi connectivity index (χ1) is 8.15. The molecule has 0 saturated carbocycles. The molecule has 0 aliphatic heterocycles. The van der Waals surface area contributed by atoms with Crippen LogP contribution in [0.1, 0.15) is 5.56 Å². The Hall–Kier alpha value is -0.830. The highest BCUT2D eigenvalue weighted by Crippen LogP contribution is 2.21. The average Bonchev–Trinajstić information content (AvgIpc) is 2.32. The Morgan fingerprint density at radius 3 is 2.41 bits per heavy atom. The Morgan fingerprint density at radius 1 is 1.00 bits per heavy atom. The van der Waals surface area contributed by atoms with Crippen LogP contribution >= 0.6 is 39.1 Å². The molecule has 2 rings (SSSR count). The molecule has 17 heavy (non-hydrogen) atoms. The molecule has 2 aromatic carbocycles. The van der Waals surface area contributed by atoms with Crippen molar-refractivity contribution >= 4 is 51.0 Å². The van der Waals surface area contributed by atoms with Gasteiger partial charge in [0.1, 0.15) is 0 Å². The van der Waals surface area contributed by atoms with E-state index in [1.807, 2.05) is 24.3 Å². The molecule has 0 heterocycles. The Kier molecular flexibility index (Phi) is 4.21. The van der Waals surface area contributed by atoms with Crippen LogP contribution in [0, 0.1) is 0 Å². The second-order valence-corrected chi connectivity index (χ2v) is 5.16. The minimum absolute atomic E-state index is 0.635. The number of aliphatic imine (C=N–C) groups is 1. The molecule has 0 aliphatic carbocycles. The van der Waals surface area contributed by atoms with Crippen LogP contribution in [0.15, 0.2) is 51.9 Å². The van der Waals surface area contributed by atoms with Crippen molar-refractivity contribution in [1.82, 2.24) is 0 Å². The van der Waals surface area contributed by atoms with Gasteiger partial charge in [0.25, 0.3) is 0 Å². The first kappa shape index (κ1) is 12.6. The van der Waals surface area contributed by atoms with Gasteiger partial charge in [0.15, 0.2) is 0 Å². The third-order valence-corrected chi connectivity index (χ3v) is 3.25. The highest BCUT2D eigenvalue weighted by Gasteiger charge is 1.98. The zero-order valence-electron chi connectivity index (χ0n) is 8.70. The van der Waals surface area contributed by atoms with E-state index >= 15 is 0 Å². The van der Waals surface area contributed by atoms with Gasteiger partial charge in [-0.25, -0.2) is 0 Å². The second kappa shape index (κ2) is 5.67. The van der Waals surface area contributed by atoms with Gasteiger partial charge in [0, 0.05) is 26.3 Å². The van der Waals surface area contributed by atoms with Crippen LogP contribution in [0.3, 0.4) is 0 Å². The largest absolute Gasteiger partial charge is 0.256 e. The topological polar surface area (TPSA) is 12.4 Å². The van der Waals surface area contributed by atoms with E-state index in [9.17, 15) is 0 Å². The molecule has 0 aromatic heterocycles. The number of hydrogen-bond donors (Lipinski definition) is 0. The summed E-state index contributed by atoms with van der Waals surface area (Å²) in [5.74, 6) is 0. The maximum absolute atomic E-state index is 6.03. The van der Waals surface area contributed by atoms with E-state index in [0.29, 0.717) is 10.0 Å². The predicted octanol–water partition coefficient (Wildman–Crippen LogP) is 5.51. The van der Waals surface area contributed by atoms with Gasteiger partial charge in [-0.1, -0.05) is 39.1 Å². The van der Waals surface area contributed by atoms with Crippen molar-refractivity contribution in [3.63, 3.8) is 0 Å². The standard InChI is InChI=1S/C13H8BrCl2N/c14-10-1-4-12(5-2-10)17-8-9-7-11(15)3-6-13(9)16/h1-8H. The summed E-state index contributed by atoms with van der Waals surface area (Å²) in [4.78, 5) is 4.33. The molecule has 1 nitrogen and oxygen atoms in total. The minimum Gasteiger partial charge on any atom is -0.256 e. The van der Waals surface area contributed by atoms with Gasteiger partial charge in [-0.3, -0.25) is 4.99 Å². The summed E-state index contributed by atoms with van der Waals surface area (Å²) < 4.78 is 1.03. The molecule has 0 amide bonds. The second-order valence-electron chi connectivity index (χ2n) is 3.40. The molecule has 0 fully saturated rings. The third kappa shape index (κ3) is 3.56. The van der Waals surface area contributed by atoms with Crippen LogP contribution in [-0.2, 0) is 0 Å². The van der Waals surface area contributed by atoms with Crippen LogP contribution in [-0.4, -0.2) is 6.21 Å². The van der Waals surface area contributed by atoms with E-state index in [2.05, 4.69) is 20.9 Å². The van der Waals surface area contributed by atoms with Crippen molar-refractivity contribution in [3.8, 4) is 0 Å². The zero-order chi connectivity index (χ0) is 12.3. The summed E-state index contributed by atoms with van der Waals surface area (Å²) in [6.07, 6.45) is 1.71. The number of rotatable bonds is 2. The Morgan fingerprint density at radius 2 is 1.71 bits per heavy atom. The quantitative estimate of drug-likeness (QED) is 0.645. The fourth-order valence-electron chi connectivity index (χ4n) is 1.28. The molecule has 0 aliphatic rings. The molecule has 0 unspecified atom stereocenters. The van der Waals surface area contributed by atoms with Crippen LogP contribution in [0.2, 0.25) is 10.0 Å². The minimum atomic E-state index is 0.635. The van der Waals surface area contributed by atoms with Gasteiger partial charge >= 0.3 is 0 Å². The molecule has 0 saturated heterocycles. The normalized spacial score (nSPS) is 11.0. The van der Waals surface area contributed by atoms with E-state index in [1.54, 1.807) is 24.4 Å². The van der Waals surface area contributed by atoms with Gasteiger partial charge in [0.2, 0.25) is 0 Å². The molecular formula is C13H8BrCl2N. The van der Waals surface area contributed by atoms with E-state index in [4.69, 9.17) is 23.2 Å². The summed E-state index contributed by atoms with van der Waals surface area (Å²) in [7, 11) is 0. The molecule has 0 spiro atoms. The summed E-state index contributed by atoms with van der Waals surface area (Å²) >= 11 is 15.3. The van der Waals surface area contributed by atoms with Crippen LogP contribution in [0.4, 0.5) is 5.69 Å². The maximum Gasteiger partial charge on any atom is 0.0630 e. The lowest BCUT2D eigenvalue weighted by molar-refractivity contribution is 1.51. The predicted molar refractivity (Wildman–Crippen MR) is 77.9 cm³/mol. The first-order valence-corrected chi connectivity index (χ1v) is 6.45. The van der Waals surface area contributed by atoms with Crippen LogP contribution < -0.4 is 0 Å². The maximum atomic E-state index is 6.03. The van der Waals surface area contributed by atoms with Crippen LogP contribution in [0.5, 0.6) is 0 Å². The molecule has 4 heteroatoms. The summed E-state index contributed by atoms with van der Waals surface area (Å²) in [6, 6.07) is 13.0. The lowest BCUT2D eigenvalue weighted by Crippen LogP contribution is -1.82. The lowest BCUT2D eigenvalue weighted by atomic mass is 10.2. The van der Waals surface area contributed by atoms with E-state index < -0.39 is 0 Å². The third-order valence-electron chi connectivity index (χ3n) is 2.14. The molecule has 0 bridgehead atoms. The molecule has 0 N–H and O–H groups in total. The fourth-order valence-corrected chi connectivity index (χ4v) is 1.90. The van der Waals surface area contributed by atoms with Crippen molar-refractivity contribution in [2.24, 2.45) is 4.99 Å². The molecule has 0 atom stereocenters. The van der Waals surface area contributed by atoms with Crippen molar-refractivity contribution in [2.75, 3.05) is 0 Å². The summed E-state index contributed by atoms with van der Waals surface area (Å²) in [5.41, 5.74) is 1.67. The lowest BCUT2D eigenvalue weighted by Gasteiger charge is -1.98. The van der Waals surface area contributed by atoms with Gasteiger partial charge in [0.05, 0.1) is 5.69 Å². The SMILES string of the molecule is Clc1ccc(Cl)c(C=Nc2ccc(Br)cc2)c1. The monoisotopic (exact) mass is 327 g/mol. The molecular weight excluding hydrogens is 321 g/mol. The number of halogens is 3.